The van der Waals surface area contributed by atoms with Gasteiger partial charge in [0, 0.05) is 30.2 Å². The van der Waals surface area contributed by atoms with Gasteiger partial charge in [-0.25, -0.2) is 0 Å². The van der Waals surface area contributed by atoms with Crippen molar-refractivity contribution in [1.29, 1.82) is 0 Å². The molecule has 1 atom stereocenters. The zero-order valence-corrected chi connectivity index (χ0v) is 19.4. The number of hydrogen-bond donors (Lipinski definition) is 1. The summed E-state index contributed by atoms with van der Waals surface area (Å²) in [6.45, 7) is 9.19. The van der Waals surface area contributed by atoms with Gasteiger partial charge in [-0.3, -0.25) is 9.59 Å². The number of thioether (sulfide) groups is 1. The Hall–Kier alpha value is -2.27. The minimum absolute atomic E-state index is 0.0244. The van der Waals surface area contributed by atoms with E-state index in [1.54, 1.807) is 16.7 Å². The molecule has 0 aliphatic heterocycles. The first-order valence-electron chi connectivity index (χ1n) is 10.8. The zero-order chi connectivity index (χ0) is 21.9. The van der Waals surface area contributed by atoms with Crippen molar-refractivity contribution in [3.63, 3.8) is 0 Å². The van der Waals surface area contributed by atoms with E-state index >= 15 is 0 Å². The van der Waals surface area contributed by atoms with Crippen LogP contribution in [-0.2, 0) is 16.1 Å². The van der Waals surface area contributed by atoms with E-state index in [4.69, 9.17) is 0 Å². The molecule has 162 valence electrons. The average Bonchev–Trinajstić information content (AvgIpc) is 2.74. The Morgan fingerprint density at radius 1 is 1.03 bits per heavy atom. The normalized spacial score (nSPS) is 11.7. The molecule has 1 N–H and O–H groups in total. The van der Waals surface area contributed by atoms with Crippen molar-refractivity contribution in [2.75, 3.05) is 12.3 Å². The third kappa shape index (κ3) is 7.21. The van der Waals surface area contributed by atoms with Gasteiger partial charge < -0.3 is 10.2 Å². The Morgan fingerprint density at radius 3 is 2.37 bits per heavy atom. The molecule has 2 amide bonds. The van der Waals surface area contributed by atoms with Crippen LogP contribution < -0.4 is 5.32 Å². The van der Waals surface area contributed by atoms with E-state index in [0.29, 0.717) is 31.7 Å². The fourth-order valence-corrected chi connectivity index (χ4v) is 4.13. The number of carbonyl (C=O) groups is 2. The van der Waals surface area contributed by atoms with Crippen LogP contribution in [0, 0.1) is 13.8 Å². The summed E-state index contributed by atoms with van der Waals surface area (Å²) in [5.74, 6) is 0.656. The van der Waals surface area contributed by atoms with Gasteiger partial charge in [0.1, 0.15) is 6.04 Å². The van der Waals surface area contributed by atoms with Crippen LogP contribution in [0.4, 0.5) is 0 Å². The molecule has 5 heteroatoms. The highest BCUT2D eigenvalue weighted by molar-refractivity contribution is 7.99. The van der Waals surface area contributed by atoms with E-state index < -0.39 is 6.04 Å². The number of nitrogens with zero attached hydrogens (tertiary/aromatic N) is 1. The minimum atomic E-state index is -0.451. The predicted molar refractivity (Wildman–Crippen MR) is 126 cm³/mol. The van der Waals surface area contributed by atoms with Gasteiger partial charge in [-0.05, 0) is 49.9 Å². The number of aryl methyl sites for hydroxylation is 2. The lowest BCUT2D eigenvalue weighted by Crippen LogP contribution is -2.49. The number of benzene rings is 2. The van der Waals surface area contributed by atoms with Crippen LogP contribution in [0.1, 0.15) is 49.8 Å². The highest BCUT2D eigenvalue weighted by Gasteiger charge is 2.28. The molecule has 30 heavy (non-hydrogen) atoms. The molecule has 0 spiro atoms. The molecule has 0 saturated heterocycles. The molecule has 0 unspecified atom stereocenters. The molecule has 0 bridgehead atoms. The summed E-state index contributed by atoms with van der Waals surface area (Å²) in [7, 11) is 0. The summed E-state index contributed by atoms with van der Waals surface area (Å²) in [4.78, 5) is 28.9. The molecule has 4 nitrogen and oxygen atoms in total. The second-order valence-electron chi connectivity index (χ2n) is 7.57. The van der Waals surface area contributed by atoms with Crippen molar-refractivity contribution in [2.24, 2.45) is 0 Å². The van der Waals surface area contributed by atoms with Crippen LogP contribution >= 0.6 is 11.8 Å². The molecular weight excluding hydrogens is 392 g/mol. The number of hydrogen-bond acceptors (Lipinski definition) is 3. The predicted octanol–water partition coefficient (Wildman–Crippen LogP) is 5.12. The molecule has 0 heterocycles. The summed E-state index contributed by atoms with van der Waals surface area (Å²) < 4.78 is 0. The summed E-state index contributed by atoms with van der Waals surface area (Å²) >= 11 is 1.68. The lowest BCUT2D eigenvalue weighted by atomic mass is 10.1. The van der Waals surface area contributed by atoms with Crippen molar-refractivity contribution >= 4 is 23.6 Å². The largest absolute Gasteiger partial charge is 0.354 e. The van der Waals surface area contributed by atoms with Gasteiger partial charge in [-0.1, -0.05) is 55.8 Å². The van der Waals surface area contributed by atoms with Crippen molar-refractivity contribution < 1.29 is 9.59 Å². The minimum Gasteiger partial charge on any atom is -0.354 e. The van der Waals surface area contributed by atoms with Crippen molar-refractivity contribution in [1.82, 2.24) is 10.2 Å². The lowest BCUT2D eigenvalue weighted by Gasteiger charge is -2.31. The highest BCUT2D eigenvalue weighted by Crippen LogP contribution is 2.21. The second kappa shape index (κ2) is 12.4. The monoisotopic (exact) mass is 426 g/mol. The summed E-state index contributed by atoms with van der Waals surface area (Å²) in [6.07, 6.45) is 1.88. The molecule has 2 aromatic rings. The Balaban J connectivity index is 2.11. The number of rotatable bonds is 11. The van der Waals surface area contributed by atoms with Gasteiger partial charge in [-0.15, -0.1) is 11.8 Å². The van der Waals surface area contributed by atoms with Crippen molar-refractivity contribution in [3.05, 3.63) is 65.2 Å². The van der Waals surface area contributed by atoms with Gasteiger partial charge in [0.05, 0.1) is 0 Å². The quantitative estimate of drug-likeness (QED) is 0.508. The Labute approximate surface area is 185 Å². The van der Waals surface area contributed by atoms with Crippen LogP contribution in [0.15, 0.2) is 53.4 Å². The SMILES string of the molecule is CCCNC(=O)[C@@H](CC)N(Cc1ccccc1C)C(=O)CCSc1ccc(C)cc1. The molecule has 2 aromatic carbocycles. The van der Waals surface area contributed by atoms with E-state index in [0.717, 1.165) is 22.4 Å². The molecule has 0 aliphatic carbocycles. The summed E-state index contributed by atoms with van der Waals surface area (Å²) in [5.41, 5.74) is 3.44. The number of carbonyl (C=O) groups excluding carboxylic acids is 2. The highest BCUT2D eigenvalue weighted by atomic mass is 32.2. The van der Waals surface area contributed by atoms with Crippen LogP contribution in [0.5, 0.6) is 0 Å². The summed E-state index contributed by atoms with van der Waals surface area (Å²) in [5, 5.41) is 2.97. The van der Waals surface area contributed by atoms with Crippen LogP contribution in [0.3, 0.4) is 0 Å². The molecular formula is C25H34N2O2S. The molecule has 0 aromatic heterocycles. The molecule has 0 radical (unpaired) electrons. The summed E-state index contributed by atoms with van der Waals surface area (Å²) in [6, 6.07) is 15.9. The first-order chi connectivity index (χ1) is 14.5. The van der Waals surface area contributed by atoms with Crippen LogP contribution in [-0.4, -0.2) is 35.1 Å². The topological polar surface area (TPSA) is 49.4 Å². The van der Waals surface area contributed by atoms with Crippen molar-refractivity contribution in [2.45, 2.75) is 64.4 Å². The molecule has 0 aliphatic rings. The van der Waals surface area contributed by atoms with Gasteiger partial charge in [-0.2, -0.15) is 0 Å². The van der Waals surface area contributed by atoms with Gasteiger partial charge in [0.2, 0.25) is 11.8 Å². The first kappa shape index (κ1) is 24.0. The van der Waals surface area contributed by atoms with Gasteiger partial charge >= 0.3 is 0 Å². The third-order valence-electron chi connectivity index (χ3n) is 5.14. The maximum atomic E-state index is 13.2. The Bertz CT molecular complexity index is 820. The molecule has 2 rings (SSSR count). The van der Waals surface area contributed by atoms with Crippen LogP contribution in [0.25, 0.3) is 0 Å². The number of amides is 2. The first-order valence-corrected chi connectivity index (χ1v) is 11.8. The average molecular weight is 427 g/mol. The van der Waals surface area contributed by atoms with Gasteiger partial charge in [0.25, 0.3) is 0 Å². The van der Waals surface area contributed by atoms with E-state index in [2.05, 4.69) is 36.5 Å². The van der Waals surface area contributed by atoms with E-state index in [1.807, 2.05) is 45.0 Å². The van der Waals surface area contributed by atoms with Gasteiger partial charge in [0.15, 0.2) is 0 Å². The Morgan fingerprint density at radius 2 is 1.73 bits per heavy atom. The van der Waals surface area contributed by atoms with E-state index in [-0.39, 0.29) is 11.8 Å². The fraction of sp³-hybridized carbons (Fsp3) is 0.440. The third-order valence-corrected chi connectivity index (χ3v) is 6.16. The smallest absolute Gasteiger partial charge is 0.242 e. The lowest BCUT2D eigenvalue weighted by molar-refractivity contribution is -0.141. The number of nitrogens with one attached hydrogen (secondary N) is 1. The molecule has 0 fully saturated rings. The molecule has 0 saturated carbocycles. The maximum absolute atomic E-state index is 13.2. The Kier molecular flexibility index (Phi) is 9.95. The zero-order valence-electron chi connectivity index (χ0n) is 18.6. The fourth-order valence-electron chi connectivity index (χ4n) is 3.29. The second-order valence-corrected chi connectivity index (χ2v) is 8.74. The van der Waals surface area contributed by atoms with Crippen LogP contribution in [0.2, 0.25) is 0 Å². The van der Waals surface area contributed by atoms with E-state index in [1.165, 1.54) is 5.56 Å². The van der Waals surface area contributed by atoms with Crippen molar-refractivity contribution in [3.8, 4) is 0 Å². The van der Waals surface area contributed by atoms with E-state index in [9.17, 15) is 9.59 Å². The maximum Gasteiger partial charge on any atom is 0.242 e. The standard InChI is InChI=1S/C25H34N2O2S/c1-5-16-26-25(29)23(6-2)27(18-21-10-8-7-9-20(21)4)24(28)15-17-30-22-13-11-19(3)12-14-22/h7-14,23H,5-6,15-18H2,1-4H3,(H,26,29)/t23-/m1/s1.